The number of hydrogen-bond acceptors (Lipinski definition) is 5. The quantitative estimate of drug-likeness (QED) is 0.166. The van der Waals surface area contributed by atoms with Crippen molar-refractivity contribution in [2.75, 3.05) is 12.4 Å². The molecule has 0 aliphatic heterocycles. The summed E-state index contributed by atoms with van der Waals surface area (Å²) in [5.74, 6) is -1.10. The van der Waals surface area contributed by atoms with Gasteiger partial charge in [0.25, 0.3) is 0 Å². The minimum atomic E-state index is -4.21. The zero-order chi connectivity index (χ0) is 10.5. The van der Waals surface area contributed by atoms with Crippen LogP contribution in [0.4, 0.5) is 0 Å². The third kappa shape index (κ3) is 10.2. The Kier molecular flexibility index (Phi) is 8.77. The van der Waals surface area contributed by atoms with E-state index < -0.39 is 21.8 Å². The molecule has 5 nitrogen and oxygen atoms in total. The summed E-state index contributed by atoms with van der Waals surface area (Å²) in [6, 6.07) is 0. The second-order valence-corrected chi connectivity index (χ2v) is 4.06. The number of esters is 1. The fourth-order valence-electron chi connectivity index (χ4n) is 0.524. The molecule has 0 heterocycles. The third-order valence-corrected chi connectivity index (χ3v) is 1.91. The number of carbonyl (C=O) groups excluding carboxylic acids is 1. The molecule has 0 atom stereocenters. The van der Waals surface area contributed by atoms with Crippen molar-refractivity contribution in [3.05, 3.63) is 12.2 Å². The van der Waals surface area contributed by atoms with E-state index in [0.717, 1.165) is 0 Å². The van der Waals surface area contributed by atoms with E-state index in [2.05, 4.69) is 11.3 Å². The van der Waals surface area contributed by atoms with Gasteiger partial charge in [-0.15, -0.1) is 0 Å². The van der Waals surface area contributed by atoms with Crippen LogP contribution in [0, 0.1) is 0 Å². The topological polar surface area (TPSA) is 83.5 Å². The fraction of sp³-hybridized carbons (Fsp3) is 0.571. The van der Waals surface area contributed by atoms with Gasteiger partial charge < -0.3 is 9.29 Å². The molecule has 0 fully saturated rings. The Hall–Kier alpha value is 0.120. The van der Waals surface area contributed by atoms with Gasteiger partial charge >= 0.3 is 35.5 Å². The van der Waals surface area contributed by atoms with E-state index in [-0.39, 0.29) is 48.2 Å². The Labute approximate surface area is 106 Å². The number of rotatable bonds is 5. The minimum Gasteiger partial charge on any atom is -0.748 e. The van der Waals surface area contributed by atoms with Crippen LogP contribution in [-0.2, 0) is 19.6 Å². The Morgan fingerprint density at radius 2 is 2.00 bits per heavy atom. The van der Waals surface area contributed by atoms with E-state index >= 15 is 0 Å². The third-order valence-electron chi connectivity index (χ3n) is 1.12. The molecule has 0 unspecified atom stereocenters. The van der Waals surface area contributed by atoms with Crippen molar-refractivity contribution in [2.45, 2.75) is 13.3 Å². The molecule has 76 valence electrons. The maximum Gasteiger partial charge on any atom is 1.00 e. The van der Waals surface area contributed by atoms with E-state index in [1.54, 1.807) is 0 Å². The van der Waals surface area contributed by atoms with Gasteiger partial charge in [0, 0.05) is 11.3 Å². The van der Waals surface area contributed by atoms with Crippen molar-refractivity contribution in [3.63, 3.8) is 0 Å². The summed E-state index contributed by atoms with van der Waals surface area (Å²) in [6.07, 6.45) is 0.0187. The van der Waals surface area contributed by atoms with Gasteiger partial charge in [0.05, 0.1) is 16.7 Å². The van der Waals surface area contributed by atoms with Crippen LogP contribution in [-0.4, -0.2) is 31.3 Å². The summed E-state index contributed by atoms with van der Waals surface area (Å²) >= 11 is 0. The number of ether oxygens (including phenoxy) is 1. The van der Waals surface area contributed by atoms with Gasteiger partial charge in [-0.3, -0.25) is 0 Å². The molecular weight excluding hydrogens is 219 g/mol. The maximum absolute atomic E-state index is 10.7. The maximum atomic E-state index is 10.7. The normalized spacial score (nSPS) is 10.1. The molecular formula is C7H11NaO5S. The molecule has 0 saturated carbocycles. The van der Waals surface area contributed by atoms with Crippen LogP contribution < -0.4 is 29.6 Å². The molecule has 14 heavy (non-hydrogen) atoms. The number of carbonyl (C=O) groups is 1. The molecule has 0 aliphatic carbocycles. The van der Waals surface area contributed by atoms with Crippen LogP contribution in [0.3, 0.4) is 0 Å². The van der Waals surface area contributed by atoms with E-state index in [1.807, 2.05) is 0 Å². The Bertz CT molecular complexity index is 295. The molecule has 0 saturated heterocycles. The van der Waals surface area contributed by atoms with Gasteiger partial charge in [0.1, 0.15) is 0 Å². The molecule has 0 aromatic heterocycles. The van der Waals surface area contributed by atoms with Gasteiger partial charge in [0.15, 0.2) is 0 Å². The Balaban J connectivity index is 0. The van der Waals surface area contributed by atoms with Gasteiger partial charge in [-0.2, -0.15) is 0 Å². The largest absolute Gasteiger partial charge is 1.00 e. The summed E-state index contributed by atoms with van der Waals surface area (Å²) in [5, 5.41) is 0. The molecule has 0 aliphatic rings. The average molecular weight is 230 g/mol. The zero-order valence-electron chi connectivity index (χ0n) is 8.28. The molecule has 0 rings (SSSR count). The van der Waals surface area contributed by atoms with Crippen molar-refractivity contribution in [1.29, 1.82) is 0 Å². The van der Waals surface area contributed by atoms with Crippen LogP contribution in [0.2, 0.25) is 0 Å². The van der Waals surface area contributed by atoms with Crippen LogP contribution in [0.15, 0.2) is 12.2 Å². The van der Waals surface area contributed by atoms with Crippen LogP contribution >= 0.6 is 0 Å². The monoisotopic (exact) mass is 230 g/mol. The van der Waals surface area contributed by atoms with Crippen molar-refractivity contribution in [2.24, 2.45) is 0 Å². The molecule has 0 radical (unpaired) electrons. The predicted molar refractivity (Wildman–Crippen MR) is 45.0 cm³/mol. The average Bonchev–Trinajstić information content (AvgIpc) is 1.95. The van der Waals surface area contributed by atoms with Crippen molar-refractivity contribution >= 4 is 16.1 Å². The predicted octanol–water partition coefficient (Wildman–Crippen LogP) is -2.95. The molecule has 0 amide bonds. The summed E-state index contributed by atoms with van der Waals surface area (Å²) < 4.78 is 34.8. The van der Waals surface area contributed by atoms with Gasteiger partial charge in [-0.05, 0) is 13.3 Å². The molecule has 0 spiro atoms. The molecule has 0 N–H and O–H groups in total. The van der Waals surface area contributed by atoms with Gasteiger partial charge in [-0.25, -0.2) is 13.2 Å². The van der Waals surface area contributed by atoms with E-state index in [0.29, 0.717) is 0 Å². The van der Waals surface area contributed by atoms with Crippen molar-refractivity contribution in [1.82, 2.24) is 0 Å². The Morgan fingerprint density at radius 3 is 2.36 bits per heavy atom. The van der Waals surface area contributed by atoms with Crippen molar-refractivity contribution in [3.8, 4) is 0 Å². The standard InChI is InChI=1S/C7H12O5S.Na/c1-6(2)7(8)12-4-3-5-13(9,10)11;/h1,3-5H2,2H3,(H,9,10,11);/q;+1/p-1. The zero-order valence-corrected chi connectivity index (χ0v) is 11.1. The SMILES string of the molecule is C=C(C)C(=O)OCCCS(=O)(=O)[O-].[Na+]. The van der Waals surface area contributed by atoms with E-state index in [9.17, 15) is 17.8 Å². The summed E-state index contributed by atoms with van der Waals surface area (Å²) in [5.41, 5.74) is 0.241. The van der Waals surface area contributed by atoms with Crippen LogP contribution in [0.1, 0.15) is 13.3 Å². The second-order valence-electron chi connectivity index (χ2n) is 2.53. The molecule has 0 bridgehead atoms. The van der Waals surface area contributed by atoms with Gasteiger partial charge in [0.2, 0.25) is 0 Å². The first-order valence-electron chi connectivity index (χ1n) is 3.59. The smallest absolute Gasteiger partial charge is 0.748 e. The first kappa shape index (κ1) is 16.5. The number of hydrogen-bond donors (Lipinski definition) is 0. The van der Waals surface area contributed by atoms with Crippen LogP contribution in [0.25, 0.3) is 0 Å². The summed E-state index contributed by atoms with van der Waals surface area (Å²) in [4.78, 5) is 10.7. The van der Waals surface area contributed by atoms with E-state index in [1.165, 1.54) is 6.92 Å². The fourth-order valence-corrected chi connectivity index (χ4v) is 0.995. The van der Waals surface area contributed by atoms with Gasteiger partial charge in [-0.1, -0.05) is 6.58 Å². The van der Waals surface area contributed by atoms with Crippen LogP contribution in [0.5, 0.6) is 0 Å². The molecule has 0 aromatic rings. The Morgan fingerprint density at radius 1 is 1.50 bits per heavy atom. The minimum absolute atomic E-state index is 0. The second kappa shape index (κ2) is 7.42. The van der Waals surface area contributed by atoms with E-state index in [4.69, 9.17) is 0 Å². The first-order chi connectivity index (χ1) is 5.83. The first-order valence-corrected chi connectivity index (χ1v) is 5.17. The molecule has 0 aromatic carbocycles. The summed E-state index contributed by atoms with van der Waals surface area (Å²) in [7, 11) is -4.21. The van der Waals surface area contributed by atoms with Crippen molar-refractivity contribution < 1.29 is 52.1 Å². The summed E-state index contributed by atoms with van der Waals surface area (Å²) in [6.45, 7) is 4.73. The molecule has 7 heteroatoms.